The zero-order chi connectivity index (χ0) is 18.4. The van der Waals surface area contributed by atoms with Gasteiger partial charge in [0.25, 0.3) is 0 Å². The molecule has 1 aromatic heterocycles. The zero-order valence-electron chi connectivity index (χ0n) is 14.5. The molecule has 3 rings (SSSR count). The van der Waals surface area contributed by atoms with Crippen molar-refractivity contribution in [1.82, 2.24) is 5.16 Å². The number of benzene rings is 2. The molecular formula is C20H19N3O2S. The molecule has 0 aliphatic carbocycles. The molecule has 1 heterocycles. The zero-order valence-corrected chi connectivity index (χ0v) is 15.3. The molecule has 0 atom stereocenters. The average molecular weight is 365 g/mol. The third kappa shape index (κ3) is 4.49. The van der Waals surface area contributed by atoms with Crippen LogP contribution in [0.3, 0.4) is 0 Å². The molecule has 0 fully saturated rings. The lowest BCUT2D eigenvalue weighted by atomic mass is 10.2. The first-order chi connectivity index (χ1) is 12.7. The molecule has 2 aromatic carbocycles. The van der Waals surface area contributed by atoms with Gasteiger partial charge in [-0.05, 0) is 55.0 Å². The summed E-state index contributed by atoms with van der Waals surface area (Å²) in [5.41, 5.74) is 3.41. The van der Waals surface area contributed by atoms with Crippen molar-refractivity contribution in [3.63, 3.8) is 0 Å². The molecule has 132 valence electrons. The second kappa shape index (κ2) is 8.31. The summed E-state index contributed by atoms with van der Waals surface area (Å²) in [6.45, 7) is 1.86. The predicted octanol–water partition coefficient (Wildman–Crippen LogP) is 4.97. The van der Waals surface area contributed by atoms with E-state index in [0.29, 0.717) is 10.9 Å². The van der Waals surface area contributed by atoms with Gasteiger partial charge in [0.15, 0.2) is 10.9 Å². The van der Waals surface area contributed by atoms with E-state index in [-0.39, 0.29) is 0 Å². The monoisotopic (exact) mass is 365 g/mol. The Kier molecular flexibility index (Phi) is 5.66. The molecule has 0 unspecified atom stereocenters. The van der Waals surface area contributed by atoms with E-state index in [2.05, 4.69) is 15.8 Å². The highest BCUT2D eigenvalue weighted by atomic mass is 32.1. The first kappa shape index (κ1) is 17.7. The minimum Gasteiger partial charge on any atom is -0.497 e. The summed E-state index contributed by atoms with van der Waals surface area (Å²) in [5.74, 6) is 1.42. The molecule has 0 radical (unpaired) electrons. The fourth-order valence-electron chi connectivity index (χ4n) is 2.34. The maximum atomic E-state index is 5.40. The third-order valence-corrected chi connectivity index (χ3v) is 3.91. The Bertz CT molecular complexity index is 903. The van der Waals surface area contributed by atoms with Crippen LogP contribution in [0.5, 0.6) is 5.75 Å². The number of para-hydroxylation sites is 1. The van der Waals surface area contributed by atoms with Crippen LogP contribution in [0.25, 0.3) is 12.2 Å². The van der Waals surface area contributed by atoms with Gasteiger partial charge in [-0.25, -0.2) is 0 Å². The Hall–Kier alpha value is -3.12. The van der Waals surface area contributed by atoms with E-state index in [1.54, 1.807) is 7.11 Å². The first-order valence-electron chi connectivity index (χ1n) is 8.07. The summed E-state index contributed by atoms with van der Waals surface area (Å²) >= 11 is 5.38. The summed E-state index contributed by atoms with van der Waals surface area (Å²) < 4.78 is 10.6. The van der Waals surface area contributed by atoms with Gasteiger partial charge >= 0.3 is 0 Å². The van der Waals surface area contributed by atoms with Crippen molar-refractivity contribution >= 4 is 40.9 Å². The van der Waals surface area contributed by atoms with E-state index < -0.39 is 0 Å². The van der Waals surface area contributed by atoms with Gasteiger partial charge in [0.1, 0.15) is 17.1 Å². The fourth-order valence-corrected chi connectivity index (χ4v) is 2.56. The van der Waals surface area contributed by atoms with Crippen LogP contribution in [0.2, 0.25) is 0 Å². The van der Waals surface area contributed by atoms with Crippen molar-refractivity contribution in [3.8, 4) is 5.75 Å². The number of rotatable bonds is 5. The molecule has 5 nitrogen and oxygen atoms in total. The van der Waals surface area contributed by atoms with Crippen LogP contribution in [0.4, 0.5) is 11.4 Å². The van der Waals surface area contributed by atoms with Gasteiger partial charge in [-0.1, -0.05) is 41.6 Å². The number of hydrogen-bond donors (Lipinski definition) is 2. The molecule has 26 heavy (non-hydrogen) atoms. The number of anilines is 2. The Morgan fingerprint density at radius 3 is 2.46 bits per heavy atom. The second-order valence-corrected chi connectivity index (χ2v) is 5.97. The number of methoxy groups -OCH3 is 1. The van der Waals surface area contributed by atoms with Gasteiger partial charge in [0.05, 0.1) is 7.11 Å². The quantitative estimate of drug-likeness (QED) is 0.623. The highest BCUT2D eigenvalue weighted by Crippen LogP contribution is 2.23. The molecule has 0 spiro atoms. The number of aryl methyl sites for hydroxylation is 1. The van der Waals surface area contributed by atoms with Crippen LogP contribution in [0, 0.1) is 6.92 Å². The van der Waals surface area contributed by atoms with Crippen molar-refractivity contribution in [2.75, 3.05) is 17.7 Å². The molecule has 0 saturated heterocycles. The van der Waals surface area contributed by atoms with Gasteiger partial charge < -0.3 is 19.9 Å². The summed E-state index contributed by atoms with van der Waals surface area (Å²) in [7, 11) is 1.65. The van der Waals surface area contributed by atoms with E-state index >= 15 is 0 Å². The minimum absolute atomic E-state index is 0.474. The Morgan fingerprint density at radius 2 is 1.77 bits per heavy atom. The van der Waals surface area contributed by atoms with E-state index in [0.717, 1.165) is 28.4 Å². The summed E-state index contributed by atoms with van der Waals surface area (Å²) in [5, 5.41) is 10.8. The summed E-state index contributed by atoms with van der Waals surface area (Å²) in [4.78, 5) is 0. The van der Waals surface area contributed by atoms with Crippen LogP contribution < -0.4 is 15.4 Å². The molecule has 0 saturated carbocycles. The average Bonchev–Trinajstić information content (AvgIpc) is 3.01. The Balaban J connectivity index is 1.71. The van der Waals surface area contributed by atoms with Gasteiger partial charge in [0, 0.05) is 5.69 Å². The van der Waals surface area contributed by atoms with Crippen molar-refractivity contribution < 1.29 is 9.26 Å². The van der Waals surface area contributed by atoms with E-state index in [1.165, 1.54) is 0 Å². The van der Waals surface area contributed by atoms with E-state index in [4.69, 9.17) is 21.5 Å². The lowest BCUT2D eigenvalue weighted by molar-refractivity contribution is 0.408. The number of nitrogens with one attached hydrogen (secondary N) is 2. The molecule has 0 amide bonds. The van der Waals surface area contributed by atoms with Gasteiger partial charge in [-0.2, -0.15) is 0 Å². The molecule has 6 heteroatoms. The van der Waals surface area contributed by atoms with Crippen LogP contribution in [0.1, 0.15) is 17.0 Å². The number of nitrogens with zero attached hydrogens (tertiary/aromatic N) is 1. The van der Waals surface area contributed by atoms with Crippen LogP contribution in [-0.2, 0) is 0 Å². The van der Waals surface area contributed by atoms with Crippen molar-refractivity contribution in [2.24, 2.45) is 0 Å². The smallest absolute Gasteiger partial charge is 0.183 e. The first-order valence-corrected chi connectivity index (χ1v) is 8.48. The normalized spacial score (nSPS) is 10.7. The van der Waals surface area contributed by atoms with Crippen LogP contribution in [-0.4, -0.2) is 17.4 Å². The molecular weight excluding hydrogens is 346 g/mol. The highest BCUT2D eigenvalue weighted by Gasteiger charge is 2.12. The second-order valence-electron chi connectivity index (χ2n) is 5.56. The Morgan fingerprint density at radius 1 is 1.04 bits per heavy atom. The van der Waals surface area contributed by atoms with Gasteiger partial charge in [0.2, 0.25) is 0 Å². The van der Waals surface area contributed by atoms with Crippen LogP contribution >= 0.6 is 12.2 Å². The van der Waals surface area contributed by atoms with Crippen molar-refractivity contribution in [3.05, 3.63) is 71.6 Å². The topological polar surface area (TPSA) is 59.3 Å². The SMILES string of the molecule is COc1ccc(/C=C/c2onc(C)c2NC(=S)Nc2ccccc2)cc1. The maximum absolute atomic E-state index is 5.40. The third-order valence-electron chi connectivity index (χ3n) is 3.70. The fraction of sp³-hybridized carbons (Fsp3) is 0.100. The number of ether oxygens (including phenoxy) is 1. The Labute approximate surface area is 157 Å². The predicted molar refractivity (Wildman–Crippen MR) is 109 cm³/mol. The standard InChI is InChI=1S/C20H19N3O2S/c1-14-19(22-20(26)21-16-6-4-3-5-7-16)18(25-23-14)13-10-15-8-11-17(24-2)12-9-15/h3-13H,1-2H3,(H2,21,22,26)/b13-10+. The number of thiocarbonyl (C=S) groups is 1. The summed E-state index contributed by atoms with van der Waals surface area (Å²) in [6.07, 6.45) is 3.80. The van der Waals surface area contributed by atoms with Crippen molar-refractivity contribution in [2.45, 2.75) is 6.92 Å². The minimum atomic E-state index is 0.474. The van der Waals surface area contributed by atoms with E-state index in [9.17, 15) is 0 Å². The number of hydrogen-bond acceptors (Lipinski definition) is 4. The van der Waals surface area contributed by atoms with Gasteiger partial charge in [-0.3, -0.25) is 0 Å². The lowest BCUT2D eigenvalue weighted by Gasteiger charge is -2.09. The summed E-state index contributed by atoms with van der Waals surface area (Å²) in [6, 6.07) is 17.5. The maximum Gasteiger partial charge on any atom is 0.183 e. The molecule has 0 aliphatic heterocycles. The molecule has 0 aliphatic rings. The van der Waals surface area contributed by atoms with Crippen molar-refractivity contribution in [1.29, 1.82) is 0 Å². The molecule has 0 bridgehead atoms. The van der Waals surface area contributed by atoms with E-state index in [1.807, 2.05) is 73.7 Å². The van der Waals surface area contributed by atoms with Crippen LogP contribution in [0.15, 0.2) is 59.1 Å². The highest BCUT2D eigenvalue weighted by molar-refractivity contribution is 7.80. The lowest BCUT2D eigenvalue weighted by Crippen LogP contribution is -2.19. The largest absolute Gasteiger partial charge is 0.497 e. The molecule has 2 N–H and O–H groups in total. The van der Waals surface area contributed by atoms with Gasteiger partial charge in [-0.15, -0.1) is 0 Å². The molecule has 3 aromatic rings. The number of aromatic nitrogens is 1.